The van der Waals surface area contributed by atoms with Gasteiger partial charge in [-0.15, -0.1) is 0 Å². The van der Waals surface area contributed by atoms with Gasteiger partial charge in [0.15, 0.2) is 0 Å². The van der Waals surface area contributed by atoms with Gasteiger partial charge in [-0.25, -0.2) is 13.1 Å². The topological polar surface area (TPSA) is 67.4 Å². The average molecular weight is 314 g/mol. The highest BCUT2D eigenvalue weighted by molar-refractivity contribution is 7.89. The molecule has 0 heterocycles. The highest BCUT2D eigenvalue weighted by atomic mass is 32.2. The van der Waals surface area contributed by atoms with Gasteiger partial charge in [-0.05, 0) is 38.4 Å². The molecule has 0 bridgehead atoms. The van der Waals surface area contributed by atoms with E-state index < -0.39 is 10.0 Å². The van der Waals surface area contributed by atoms with Crippen LogP contribution in [0.3, 0.4) is 0 Å². The first kappa shape index (κ1) is 18.1. The summed E-state index contributed by atoms with van der Waals surface area (Å²) in [4.78, 5) is 0.345. The molecule has 1 unspecified atom stereocenters. The largest absolute Gasteiger partial charge is 0.383 e. The van der Waals surface area contributed by atoms with Crippen LogP contribution < -0.4 is 10.0 Å². The van der Waals surface area contributed by atoms with Crippen molar-refractivity contribution >= 4 is 10.0 Å². The Bertz CT molecular complexity index is 523. The number of sulfonamides is 1. The second-order valence-electron chi connectivity index (χ2n) is 5.30. The molecule has 1 aromatic rings. The van der Waals surface area contributed by atoms with Gasteiger partial charge in [0.05, 0.1) is 11.5 Å². The lowest BCUT2D eigenvalue weighted by Gasteiger charge is -2.19. The van der Waals surface area contributed by atoms with Crippen LogP contribution in [0.25, 0.3) is 0 Å². The van der Waals surface area contributed by atoms with E-state index >= 15 is 0 Å². The van der Waals surface area contributed by atoms with Gasteiger partial charge in [0.1, 0.15) is 0 Å². The zero-order valence-electron chi connectivity index (χ0n) is 13.2. The monoisotopic (exact) mass is 314 g/mol. The summed E-state index contributed by atoms with van der Waals surface area (Å²) in [6.07, 6.45) is 0.608. The van der Waals surface area contributed by atoms with Crippen molar-refractivity contribution in [3.8, 4) is 0 Å². The molecular weight excluding hydrogens is 288 g/mol. The Labute approximate surface area is 128 Å². The predicted molar refractivity (Wildman–Crippen MR) is 84.9 cm³/mol. The number of ether oxygens (including phenoxy) is 1. The molecule has 0 aliphatic heterocycles. The first-order valence-corrected chi connectivity index (χ1v) is 8.71. The zero-order chi connectivity index (χ0) is 15.9. The van der Waals surface area contributed by atoms with Crippen LogP contribution in [0, 0.1) is 0 Å². The maximum absolute atomic E-state index is 12.4. The van der Waals surface area contributed by atoms with Crippen LogP contribution in [-0.2, 0) is 21.2 Å². The SMILES string of the molecule is CCNC(COC)Cc1ccccc1S(=O)(=O)NC(C)C. The zero-order valence-corrected chi connectivity index (χ0v) is 14.0. The second kappa shape index (κ2) is 8.48. The lowest BCUT2D eigenvalue weighted by molar-refractivity contribution is 0.166. The Hall–Kier alpha value is -0.950. The van der Waals surface area contributed by atoms with Gasteiger partial charge in [0.25, 0.3) is 0 Å². The fourth-order valence-electron chi connectivity index (χ4n) is 2.25. The molecule has 0 aliphatic rings. The fraction of sp³-hybridized carbons (Fsp3) is 0.600. The highest BCUT2D eigenvalue weighted by Gasteiger charge is 2.20. The molecule has 0 aromatic heterocycles. The van der Waals surface area contributed by atoms with Crippen LogP contribution in [0.1, 0.15) is 26.3 Å². The van der Waals surface area contributed by atoms with E-state index in [4.69, 9.17) is 4.74 Å². The molecule has 0 fully saturated rings. The number of hydrogen-bond acceptors (Lipinski definition) is 4. The molecule has 0 spiro atoms. The van der Waals surface area contributed by atoms with Crippen molar-refractivity contribution in [2.45, 2.75) is 44.2 Å². The van der Waals surface area contributed by atoms with Gasteiger partial charge in [-0.1, -0.05) is 25.1 Å². The highest BCUT2D eigenvalue weighted by Crippen LogP contribution is 2.17. The van der Waals surface area contributed by atoms with E-state index in [0.717, 1.165) is 12.1 Å². The minimum atomic E-state index is -3.48. The molecule has 6 heteroatoms. The van der Waals surface area contributed by atoms with Gasteiger partial charge in [-0.2, -0.15) is 0 Å². The molecule has 0 aliphatic carbocycles. The summed E-state index contributed by atoms with van der Waals surface area (Å²) in [5.74, 6) is 0. The van der Waals surface area contributed by atoms with Crippen LogP contribution in [0.4, 0.5) is 0 Å². The fourth-order valence-corrected chi connectivity index (χ4v) is 3.76. The molecular formula is C15H26N2O3S. The van der Waals surface area contributed by atoms with E-state index in [2.05, 4.69) is 10.0 Å². The standard InChI is InChI=1S/C15H26N2O3S/c1-5-16-14(11-20-4)10-13-8-6-7-9-15(13)21(18,19)17-12(2)3/h6-9,12,14,16-17H,5,10-11H2,1-4H3. The van der Waals surface area contributed by atoms with Crippen molar-refractivity contribution in [3.63, 3.8) is 0 Å². The minimum Gasteiger partial charge on any atom is -0.383 e. The number of benzene rings is 1. The third-order valence-corrected chi connectivity index (χ3v) is 4.74. The predicted octanol–water partition coefficient (Wildman–Crippen LogP) is 1.54. The lowest BCUT2D eigenvalue weighted by atomic mass is 10.1. The minimum absolute atomic E-state index is 0.0930. The maximum Gasteiger partial charge on any atom is 0.241 e. The third-order valence-electron chi connectivity index (χ3n) is 2.98. The van der Waals surface area contributed by atoms with Crippen molar-refractivity contribution < 1.29 is 13.2 Å². The first-order chi connectivity index (χ1) is 9.90. The molecule has 2 N–H and O–H groups in total. The third kappa shape index (κ3) is 5.74. The summed E-state index contributed by atoms with van der Waals surface area (Å²) in [7, 11) is -1.84. The lowest BCUT2D eigenvalue weighted by Crippen LogP contribution is -2.36. The Morgan fingerprint density at radius 2 is 1.90 bits per heavy atom. The summed E-state index contributed by atoms with van der Waals surface area (Å²) in [5, 5.41) is 3.31. The number of likely N-dealkylation sites (N-methyl/N-ethyl adjacent to an activating group) is 1. The number of nitrogens with one attached hydrogen (secondary N) is 2. The van der Waals surface area contributed by atoms with E-state index in [1.54, 1.807) is 19.2 Å². The van der Waals surface area contributed by atoms with Gasteiger partial charge < -0.3 is 10.1 Å². The van der Waals surface area contributed by atoms with Gasteiger partial charge >= 0.3 is 0 Å². The van der Waals surface area contributed by atoms with Crippen molar-refractivity contribution in [3.05, 3.63) is 29.8 Å². The smallest absolute Gasteiger partial charge is 0.241 e. The van der Waals surface area contributed by atoms with Crippen molar-refractivity contribution in [1.82, 2.24) is 10.0 Å². The van der Waals surface area contributed by atoms with Crippen molar-refractivity contribution in [1.29, 1.82) is 0 Å². The van der Waals surface area contributed by atoms with Crippen molar-refractivity contribution in [2.24, 2.45) is 0 Å². The van der Waals surface area contributed by atoms with E-state index in [0.29, 0.717) is 17.9 Å². The first-order valence-electron chi connectivity index (χ1n) is 7.23. The summed E-state index contributed by atoms with van der Waals surface area (Å²) >= 11 is 0. The van der Waals surface area contributed by atoms with E-state index in [1.165, 1.54) is 0 Å². The second-order valence-corrected chi connectivity index (χ2v) is 6.98. The van der Waals surface area contributed by atoms with Crippen LogP contribution in [0.5, 0.6) is 0 Å². The molecule has 120 valence electrons. The summed E-state index contributed by atoms with van der Waals surface area (Å²) in [5.41, 5.74) is 0.800. The van der Waals surface area contributed by atoms with Crippen LogP contribution in [0.2, 0.25) is 0 Å². The normalized spacial score (nSPS) is 13.6. The number of rotatable bonds is 9. The quantitative estimate of drug-likeness (QED) is 0.725. The molecule has 1 atom stereocenters. The molecule has 0 amide bonds. The van der Waals surface area contributed by atoms with E-state index in [-0.39, 0.29) is 12.1 Å². The summed E-state index contributed by atoms with van der Waals surface area (Å²) in [6.45, 7) is 7.00. The molecule has 5 nitrogen and oxygen atoms in total. The van der Waals surface area contributed by atoms with Gasteiger partial charge in [0.2, 0.25) is 10.0 Å². The maximum atomic E-state index is 12.4. The molecule has 1 rings (SSSR count). The molecule has 0 radical (unpaired) electrons. The number of methoxy groups -OCH3 is 1. The Kier molecular flexibility index (Phi) is 7.31. The number of hydrogen-bond donors (Lipinski definition) is 2. The van der Waals surface area contributed by atoms with Crippen LogP contribution in [-0.4, -0.2) is 40.8 Å². The molecule has 1 aromatic carbocycles. The van der Waals surface area contributed by atoms with Gasteiger partial charge in [-0.3, -0.25) is 0 Å². The Balaban J connectivity index is 3.03. The molecule has 21 heavy (non-hydrogen) atoms. The molecule has 0 saturated carbocycles. The Morgan fingerprint density at radius 3 is 2.48 bits per heavy atom. The Morgan fingerprint density at radius 1 is 1.24 bits per heavy atom. The average Bonchev–Trinajstić information content (AvgIpc) is 2.38. The van der Waals surface area contributed by atoms with E-state index in [9.17, 15) is 8.42 Å². The van der Waals surface area contributed by atoms with Gasteiger partial charge in [0, 0.05) is 19.2 Å². The van der Waals surface area contributed by atoms with E-state index in [1.807, 2.05) is 32.9 Å². The summed E-state index contributed by atoms with van der Waals surface area (Å²) in [6, 6.07) is 7.07. The summed E-state index contributed by atoms with van der Waals surface area (Å²) < 4.78 is 32.6. The van der Waals surface area contributed by atoms with Crippen LogP contribution >= 0.6 is 0 Å². The van der Waals surface area contributed by atoms with Crippen LogP contribution in [0.15, 0.2) is 29.2 Å². The van der Waals surface area contributed by atoms with Crippen molar-refractivity contribution in [2.75, 3.05) is 20.3 Å². The molecule has 0 saturated heterocycles.